The van der Waals surface area contributed by atoms with Crippen molar-refractivity contribution in [3.05, 3.63) is 48.0 Å². The Balaban J connectivity index is 1.57. The average Bonchev–Trinajstić information content (AvgIpc) is 2.91. The van der Waals surface area contributed by atoms with Crippen LogP contribution < -0.4 is 5.32 Å². The summed E-state index contributed by atoms with van der Waals surface area (Å²) in [5.74, 6) is -1.99. The van der Waals surface area contributed by atoms with Crippen LogP contribution in [0.25, 0.3) is 11.1 Å². The van der Waals surface area contributed by atoms with Crippen LogP contribution in [0.5, 0.6) is 0 Å². The molecule has 3 amide bonds. The first-order valence-electron chi connectivity index (χ1n) is 10.3. The van der Waals surface area contributed by atoms with Crippen molar-refractivity contribution in [3.8, 4) is 11.1 Å². The van der Waals surface area contributed by atoms with Gasteiger partial charge in [0.1, 0.15) is 6.04 Å². The lowest BCUT2D eigenvalue weighted by atomic mass is 10.0. The van der Waals surface area contributed by atoms with E-state index in [0.29, 0.717) is 11.3 Å². The molecule has 166 valence electrons. The van der Waals surface area contributed by atoms with Crippen LogP contribution in [0.15, 0.2) is 47.4 Å². The van der Waals surface area contributed by atoms with Crippen molar-refractivity contribution in [3.63, 3.8) is 0 Å². The van der Waals surface area contributed by atoms with E-state index in [1.54, 1.807) is 23.9 Å². The van der Waals surface area contributed by atoms with E-state index >= 15 is 0 Å². The monoisotopic (exact) mass is 453 g/mol. The molecule has 0 aromatic heterocycles. The van der Waals surface area contributed by atoms with Gasteiger partial charge in [-0.15, -0.1) is 11.8 Å². The summed E-state index contributed by atoms with van der Waals surface area (Å²) < 4.78 is 0. The Bertz CT molecular complexity index is 1090. The first-order valence-corrected chi connectivity index (χ1v) is 11.5. The molecule has 1 fully saturated rings. The molecule has 2 aromatic rings. The van der Waals surface area contributed by atoms with Gasteiger partial charge in [-0.05, 0) is 41.6 Å². The molecule has 0 bridgehead atoms. The quantitative estimate of drug-likeness (QED) is 0.674. The van der Waals surface area contributed by atoms with Crippen LogP contribution >= 0.6 is 11.8 Å². The summed E-state index contributed by atoms with van der Waals surface area (Å²) in [5, 5.41) is 11.6. The number of rotatable bonds is 5. The number of thioether (sulfide) groups is 1. The SMILES string of the molecule is CSc1ccc(-c2ccc3c(c2)C(=O)N2CCN(C(=O)CCC(=O)O)C[C@@H]2C(=O)N3)cc1. The number of benzene rings is 2. The Kier molecular flexibility index (Phi) is 6.18. The topological polar surface area (TPSA) is 107 Å². The van der Waals surface area contributed by atoms with E-state index in [2.05, 4.69) is 5.32 Å². The lowest BCUT2D eigenvalue weighted by Gasteiger charge is -2.39. The highest BCUT2D eigenvalue weighted by Crippen LogP contribution is 2.31. The van der Waals surface area contributed by atoms with Crippen molar-refractivity contribution >= 4 is 41.1 Å². The first kappa shape index (κ1) is 21.9. The van der Waals surface area contributed by atoms with Gasteiger partial charge in [0, 0.05) is 24.4 Å². The van der Waals surface area contributed by atoms with Crippen LogP contribution in [-0.2, 0) is 14.4 Å². The zero-order valence-electron chi connectivity index (χ0n) is 17.5. The summed E-state index contributed by atoms with van der Waals surface area (Å²) in [5.41, 5.74) is 2.71. The zero-order valence-corrected chi connectivity index (χ0v) is 18.4. The second-order valence-electron chi connectivity index (χ2n) is 7.73. The fourth-order valence-corrected chi connectivity index (χ4v) is 4.42. The second-order valence-corrected chi connectivity index (χ2v) is 8.61. The van der Waals surface area contributed by atoms with Crippen LogP contribution in [0, 0.1) is 0 Å². The van der Waals surface area contributed by atoms with E-state index in [1.165, 1.54) is 9.80 Å². The van der Waals surface area contributed by atoms with Crippen molar-refractivity contribution in [2.24, 2.45) is 0 Å². The van der Waals surface area contributed by atoms with Crippen LogP contribution in [0.1, 0.15) is 23.2 Å². The predicted molar refractivity (Wildman–Crippen MR) is 121 cm³/mol. The Labute approximate surface area is 189 Å². The molecular formula is C23H23N3O5S. The van der Waals surface area contributed by atoms with Gasteiger partial charge in [0.2, 0.25) is 11.8 Å². The molecular weight excluding hydrogens is 430 g/mol. The second kappa shape index (κ2) is 9.04. The minimum Gasteiger partial charge on any atom is -0.481 e. The molecule has 0 unspecified atom stereocenters. The van der Waals surface area contributed by atoms with Crippen molar-refractivity contribution in [1.29, 1.82) is 0 Å². The van der Waals surface area contributed by atoms with E-state index in [1.807, 2.05) is 36.6 Å². The van der Waals surface area contributed by atoms with Gasteiger partial charge in [-0.2, -0.15) is 0 Å². The number of anilines is 1. The molecule has 0 radical (unpaired) electrons. The normalized spacial score (nSPS) is 17.8. The predicted octanol–water partition coefficient (Wildman–Crippen LogP) is 2.55. The Morgan fingerprint density at radius 3 is 2.47 bits per heavy atom. The number of carbonyl (C=O) groups excluding carboxylic acids is 3. The number of carboxylic acid groups (broad SMARTS) is 1. The standard InChI is InChI=1S/C23H23N3O5S/c1-32-16-5-2-14(3-6-16)15-4-7-18-17(12-15)23(31)26-11-10-25(13-19(26)22(30)24-18)20(27)8-9-21(28)29/h2-7,12,19H,8-11,13H2,1H3,(H,24,30)(H,28,29)/t19-/m1/s1. The molecule has 2 aromatic carbocycles. The molecule has 4 rings (SSSR count). The molecule has 2 aliphatic rings. The minimum absolute atomic E-state index is 0.0486. The van der Waals surface area contributed by atoms with E-state index in [4.69, 9.17) is 5.11 Å². The number of amides is 3. The number of fused-ring (bicyclic) bond motifs is 2. The number of hydrogen-bond acceptors (Lipinski definition) is 5. The molecule has 8 nitrogen and oxygen atoms in total. The van der Waals surface area contributed by atoms with Gasteiger partial charge in [-0.25, -0.2) is 0 Å². The van der Waals surface area contributed by atoms with Crippen molar-refractivity contribution in [1.82, 2.24) is 9.80 Å². The highest BCUT2D eigenvalue weighted by atomic mass is 32.2. The Morgan fingerprint density at radius 2 is 1.78 bits per heavy atom. The maximum absolute atomic E-state index is 13.3. The largest absolute Gasteiger partial charge is 0.481 e. The maximum Gasteiger partial charge on any atom is 0.303 e. The lowest BCUT2D eigenvalue weighted by molar-refractivity contribution is -0.142. The minimum atomic E-state index is -1.05. The third-order valence-corrected chi connectivity index (χ3v) is 6.52. The fraction of sp³-hybridized carbons (Fsp3) is 0.304. The zero-order chi connectivity index (χ0) is 22.8. The number of nitrogens with one attached hydrogen (secondary N) is 1. The van der Waals surface area contributed by atoms with Crippen LogP contribution in [0.2, 0.25) is 0 Å². The van der Waals surface area contributed by atoms with Gasteiger partial charge in [-0.1, -0.05) is 18.2 Å². The molecule has 2 N–H and O–H groups in total. The number of hydrogen-bond donors (Lipinski definition) is 2. The summed E-state index contributed by atoms with van der Waals surface area (Å²) in [6.07, 6.45) is 1.62. The molecule has 0 spiro atoms. The highest BCUT2D eigenvalue weighted by Gasteiger charge is 2.40. The summed E-state index contributed by atoms with van der Waals surface area (Å²) in [7, 11) is 0. The molecule has 0 aliphatic carbocycles. The van der Waals surface area contributed by atoms with Crippen LogP contribution in [0.4, 0.5) is 5.69 Å². The van der Waals surface area contributed by atoms with Gasteiger partial charge in [0.05, 0.1) is 24.2 Å². The molecule has 2 heterocycles. The van der Waals surface area contributed by atoms with E-state index in [0.717, 1.165) is 16.0 Å². The number of piperazine rings is 1. The van der Waals surface area contributed by atoms with Crippen LogP contribution in [-0.4, -0.2) is 70.5 Å². The lowest BCUT2D eigenvalue weighted by Crippen LogP contribution is -2.59. The number of carboxylic acids is 1. The molecule has 2 aliphatic heterocycles. The molecule has 1 atom stereocenters. The van der Waals surface area contributed by atoms with Gasteiger partial charge in [-0.3, -0.25) is 19.2 Å². The Hall–Kier alpha value is -3.33. The van der Waals surface area contributed by atoms with Crippen molar-refractivity contribution < 1.29 is 24.3 Å². The number of carbonyl (C=O) groups is 4. The van der Waals surface area contributed by atoms with Gasteiger partial charge < -0.3 is 20.2 Å². The molecule has 9 heteroatoms. The van der Waals surface area contributed by atoms with E-state index < -0.39 is 12.0 Å². The van der Waals surface area contributed by atoms with Crippen molar-refractivity contribution in [2.75, 3.05) is 31.2 Å². The third-order valence-electron chi connectivity index (χ3n) is 5.78. The number of aliphatic carboxylic acids is 1. The van der Waals surface area contributed by atoms with Gasteiger partial charge in [0.15, 0.2) is 0 Å². The smallest absolute Gasteiger partial charge is 0.303 e. The summed E-state index contributed by atoms with van der Waals surface area (Å²) in [6, 6.07) is 12.6. The van der Waals surface area contributed by atoms with Crippen LogP contribution in [0.3, 0.4) is 0 Å². The number of nitrogens with zero attached hydrogens (tertiary/aromatic N) is 2. The Morgan fingerprint density at radius 1 is 1.06 bits per heavy atom. The first-order chi connectivity index (χ1) is 15.4. The van der Waals surface area contributed by atoms with Gasteiger partial charge >= 0.3 is 5.97 Å². The summed E-state index contributed by atoms with van der Waals surface area (Å²) in [6.45, 7) is 0.522. The fourth-order valence-electron chi connectivity index (χ4n) is 4.01. The average molecular weight is 454 g/mol. The van der Waals surface area contributed by atoms with E-state index in [9.17, 15) is 19.2 Å². The summed E-state index contributed by atoms with van der Waals surface area (Å²) in [4.78, 5) is 53.4. The van der Waals surface area contributed by atoms with E-state index in [-0.39, 0.29) is 50.2 Å². The highest BCUT2D eigenvalue weighted by molar-refractivity contribution is 7.98. The molecule has 1 saturated heterocycles. The molecule has 32 heavy (non-hydrogen) atoms. The van der Waals surface area contributed by atoms with Crippen molar-refractivity contribution in [2.45, 2.75) is 23.8 Å². The maximum atomic E-state index is 13.3. The third kappa shape index (κ3) is 4.34. The van der Waals surface area contributed by atoms with Gasteiger partial charge in [0.25, 0.3) is 5.91 Å². The molecule has 0 saturated carbocycles. The summed E-state index contributed by atoms with van der Waals surface area (Å²) >= 11 is 1.65.